The molecule has 1 heterocycles. The molecule has 0 spiro atoms. The van der Waals surface area contributed by atoms with E-state index in [0.717, 1.165) is 48.0 Å². The maximum absolute atomic E-state index is 5.94. The standard InChI is InChI=1S/C14H18BrNO2/c15-11-3-4-13(18-9-10-1-2-10)12(7-11)14-8-16-5-6-17-14/h3-4,7,10,14,16H,1-2,5-6,8-9H2. The minimum absolute atomic E-state index is 0.102. The molecule has 1 aliphatic heterocycles. The highest BCUT2D eigenvalue weighted by Crippen LogP contribution is 2.34. The zero-order chi connectivity index (χ0) is 12.4. The molecule has 1 aromatic rings. The molecule has 1 atom stereocenters. The number of rotatable bonds is 4. The normalized spacial score (nSPS) is 23.9. The topological polar surface area (TPSA) is 30.5 Å². The van der Waals surface area contributed by atoms with Crippen LogP contribution in [0.5, 0.6) is 5.75 Å². The Balaban J connectivity index is 1.77. The number of hydrogen-bond acceptors (Lipinski definition) is 3. The van der Waals surface area contributed by atoms with Crippen LogP contribution in [-0.4, -0.2) is 26.3 Å². The van der Waals surface area contributed by atoms with Crippen LogP contribution in [0.2, 0.25) is 0 Å². The van der Waals surface area contributed by atoms with E-state index < -0.39 is 0 Å². The zero-order valence-electron chi connectivity index (χ0n) is 10.3. The van der Waals surface area contributed by atoms with E-state index in [1.807, 2.05) is 12.1 Å². The van der Waals surface area contributed by atoms with E-state index in [-0.39, 0.29) is 6.10 Å². The number of benzene rings is 1. The number of nitrogens with one attached hydrogen (secondary N) is 1. The summed E-state index contributed by atoms with van der Waals surface area (Å²) >= 11 is 3.52. The molecule has 0 aromatic heterocycles. The van der Waals surface area contributed by atoms with Crippen molar-refractivity contribution in [2.24, 2.45) is 5.92 Å². The van der Waals surface area contributed by atoms with Gasteiger partial charge in [0, 0.05) is 23.1 Å². The maximum Gasteiger partial charge on any atom is 0.125 e. The SMILES string of the molecule is Brc1ccc(OCC2CC2)c(C2CNCCO2)c1. The molecule has 18 heavy (non-hydrogen) atoms. The van der Waals surface area contributed by atoms with Crippen LogP contribution in [-0.2, 0) is 4.74 Å². The van der Waals surface area contributed by atoms with Crippen molar-refractivity contribution in [1.82, 2.24) is 5.32 Å². The van der Waals surface area contributed by atoms with Crippen molar-refractivity contribution in [3.8, 4) is 5.75 Å². The minimum atomic E-state index is 0.102. The molecule has 1 saturated heterocycles. The highest BCUT2D eigenvalue weighted by Gasteiger charge is 2.24. The van der Waals surface area contributed by atoms with Gasteiger partial charge in [-0.25, -0.2) is 0 Å². The predicted octanol–water partition coefficient (Wildman–Crippen LogP) is 2.90. The third-order valence-corrected chi connectivity index (χ3v) is 3.91. The van der Waals surface area contributed by atoms with Crippen molar-refractivity contribution in [2.45, 2.75) is 18.9 Å². The van der Waals surface area contributed by atoms with Crippen molar-refractivity contribution >= 4 is 15.9 Å². The fraction of sp³-hybridized carbons (Fsp3) is 0.571. The van der Waals surface area contributed by atoms with Crippen LogP contribution in [0.3, 0.4) is 0 Å². The molecule has 1 aliphatic carbocycles. The van der Waals surface area contributed by atoms with E-state index in [1.165, 1.54) is 12.8 Å². The van der Waals surface area contributed by atoms with Crippen molar-refractivity contribution in [3.05, 3.63) is 28.2 Å². The van der Waals surface area contributed by atoms with Crippen LogP contribution in [0.1, 0.15) is 24.5 Å². The van der Waals surface area contributed by atoms with Gasteiger partial charge in [0.15, 0.2) is 0 Å². The molecular weight excluding hydrogens is 294 g/mol. The van der Waals surface area contributed by atoms with Gasteiger partial charge in [-0.1, -0.05) is 15.9 Å². The molecule has 1 unspecified atom stereocenters. The number of morpholine rings is 1. The van der Waals surface area contributed by atoms with Crippen molar-refractivity contribution in [3.63, 3.8) is 0 Å². The third kappa shape index (κ3) is 3.05. The lowest BCUT2D eigenvalue weighted by Gasteiger charge is -2.26. The van der Waals surface area contributed by atoms with Crippen LogP contribution in [0.15, 0.2) is 22.7 Å². The summed E-state index contributed by atoms with van der Waals surface area (Å²) in [5.74, 6) is 1.74. The molecule has 98 valence electrons. The van der Waals surface area contributed by atoms with Gasteiger partial charge in [0.25, 0.3) is 0 Å². The summed E-state index contributed by atoms with van der Waals surface area (Å²) in [4.78, 5) is 0. The van der Waals surface area contributed by atoms with Gasteiger partial charge in [-0.2, -0.15) is 0 Å². The lowest BCUT2D eigenvalue weighted by molar-refractivity contribution is 0.0258. The van der Waals surface area contributed by atoms with Gasteiger partial charge in [0.2, 0.25) is 0 Å². The second kappa shape index (κ2) is 5.59. The fourth-order valence-corrected chi connectivity index (χ4v) is 2.54. The van der Waals surface area contributed by atoms with Gasteiger partial charge >= 0.3 is 0 Å². The van der Waals surface area contributed by atoms with Gasteiger partial charge in [0.05, 0.1) is 19.3 Å². The molecule has 2 fully saturated rings. The van der Waals surface area contributed by atoms with Gasteiger partial charge < -0.3 is 14.8 Å². The first-order chi connectivity index (χ1) is 8.83. The Morgan fingerprint density at radius 2 is 2.28 bits per heavy atom. The lowest BCUT2D eigenvalue weighted by atomic mass is 10.1. The average molecular weight is 312 g/mol. The third-order valence-electron chi connectivity index (χ3n) is 3.42. The number of ether oxygens (including phenoxy) is 2. The summed E-state index contributed by atoms with van der Waals surface area (Å²) < 4.78 is 12.8. The van der Waals surface area contributed by atoms with E-state index in [0.29, 0.717) is 0 Å². The Labute approximate surface area is 116 Å². The summed E-state index contributed by atoms with van der Waals surface area (Å²) in [6.07, 6.45) is 2.73. The summed E-state index contributed by atoms with van der Waals surface area (Å²) in [5, 5.41) is 3.36. The molecule has 1 saturated carbocycles. The summed E-state index contributed by atoms with van der Waals surface area (Å²) in [5.41, 5.74) is 1.15. The minimum Gasteiger partial charge on any atom is -0.493 e. The van der Waals surface area contributed by atoms with Gasteiger partial charge in [0.1, 0.15) is 5.75 Å². The Morgan fingerprint density at radius 3 is 3.00 bits per heavy atom. The van der Waals surface area contributed by atoms with E-state index in [1.54, 1.807) is 0 Å². The molecule has 0 bridgehead atoms. The Hall–Kier alpha value is -0.580. The Kier molecular flexibility index (Phi) is 3.87. The van der Waals surface area contributed by atoms with E-state index in [9.17, 15) is 0 Å². The van der Waals surface area contributed by atoms with Gasteiger partial charge in [-0.15, -0.1) is 0 Å². The first-order valence-electron chi connectivity index (χ1n) is 6.57. The first-order valence-corrected chi connectivity index (χ1v) is 7.37. The molecule has 2 aliphatic rings. The number of halogens is 1. The van der Waals surface area contributed by atoms with Crippen molar-refractivity contribution in [1.29, 1.82) is 0 Å². The first kappa shape index (κ1) is 12.5. The van der Waals surface area contributed by atoms with Gasteiger partial charge in [-0.3, -0.25) is 0 Å². The van der Waals surface area contributed by atoms with E-state index >= 15 is 0 Å². The molecular formula is C14H18BrNO2. The second-order valence-corrected chi connectivity index (χ2v) is 5.92. The molecule has 1 aromatic carbocycles. The highest BCUT2D eigenvalue weighted by atomic mass is 79.9. The van der Waals surface area contributed by atoms with Crippen molar-refractivity contribution < 1.29 is 9.47 Å². The van der Waals surface area contributed by atoms with E-state index in [2.05, 4.69) is 27.3 Å². The van der Waals surface area contributed by atoms with Gasteiger partial charge in [-0.05, 0) is 37.0 Å². The maximum atomic E-state index is 5.94. The molecule has 3 nitrogen and oxygen atoms in total. The second-order valence-electron chi connectivity index (χ2n) is 5.00. The molecule has 0 radical (unpaired) electrons. The summed E-state index contributed by atoms with van der Waals surface area (Å²) in [6, 6.07) is 6.18. The Bertz CT molecular complexity index is 414. The fourth-order valence-electron chi connectivity index (χ4n) is 2.16. The van der Waals surface area contributed by atoms with Crippen LogP contribution in [0.25, 0.3) is 0 Å². The smallest absolute Gasteiger partial charge is 0.125 e. The summed E-state index contributed by atoms with van der Waals surface area (Å²) in [7, 11) is 0. The quantitative estimate of drug-likeness (QED) is 0.927. The molecule has 4 heteroatoms. The van der Waals surface area contributed by atoms with E-state index in [4.69, 9.17) is 9.47 Å². The average Bonchev–Trinajstić information content (AvgIpc) is 3.22. The highest BCUT2D eigenvalue weighted by molar-refractivity contribution is 9.10. The molecule has 1 N–H and O–H groups in total. The summed E-state index contributed by atoms with van der Waals surface area (Å²) in [6.45, 7) is 3.40. The van der Waals surface area contributed by atoms with Crippen LogP contribution >= 0.6 is 15.9 Å². The Morgan fingerprint density at radius 1 is 1.39 bits per heavy atom. The molecule has 3 rings (SSSR count). The number of hydrogen-bond donors (Lipinski definition) is 1. The molecule has 0 amide bonds. The van der Waals surface area contributed by atoms with Crippen LogP contribution in [0.4, 0.5) is 0 Å². The van der Waals surface area contributed by atoms with Crippen LogP contribution in [0, 0.1) is 5.92 Å². The van der Waals surface area contributed by atoms with Crippen molar-refractivity contribution in [2.75, 3.05) is 26.3 Å². The lowest BCUT2D eigenvalue weighted by Crippen LogP contribution is -2.33. The predicted molar refractivity (Wildman–Crippen MR) is 73.9 cm³/mol. The largest absolute Gasteiger partial charge is 0.493 e. The zero-order valence-corrected chi connectivity index (χ0v) is 11.9. The monoisotopic (exact) mass is 311 g/mol. The van der Waals surface area contributed by atoms with Crippen LogP contribution < -0.4 is 10.1 Å².